The SMILES string of the molecule is CCn1nc(C)c(Cl)c1CNc1c(C)cc(Br)cc1C. The van der Waals surface area contributed by atoms with Crippen LogP contribution in [0.25, 0.3) is 0 Å². The van der Waals surface area contributed by atoms with E-state index in [0.29, 0.717) is 6.54 Å². The van der Waals surface area contributed by atoms with Crippen LogP contribution in [0.1, 0.15) is 29.4 Å². The third-order valence-corrected chi connectivity index (χ3v) is 4.33. The number of hydrogen-bond acceptors (Lipinski definition) is 2. The van der Waals surface area contributed by atoms with E-state index in [2.05, 4.69) is 59.2 Å². The standard InChI is InChI=1S/C15H19BrClN3/c1-5-20-13(14(17)11(4)19-20)8-18-15-9(2)6-12(16)7-10(15)3/h6-7,18H,5,8H2,1-4H3. The second-order valence-electron chi connectivity index (χ2n) is 4.93. The molecule has 2 rings (SSSR count). The Morgan fingerprint density at radius 1 is 1.25 bits per heavy atom. The van der Waals surface area contributed by atoms with Crippen molar-refractivity contribution in [2.24, 2.45) is 0 Å². The fourth-order valence-corrected chi connectivity index (χ4v) is 3.29. The fraction of sp³-hybridized carbons (Fsp3) is 0.400. The molecule has 0 amide bonds. The predicted molar refractivity (Wildman–Crippen MR) is 88.6 cm³/mol. The van der Waals surface area contributed by atoms with Crippen molar-refractivity contribution in [3.8, 4) is 0 Å². The summed E-state index contributed by atoms with van der Waals surface area (Å²) in [5.41, 5.74) is 5.51. The van der Waals surface area contributed by atoms with Gasteiger partial charge in [0, 0.05) is 16.7 Å². The van der Waals surface area contributed by atoms with Gasteiger partial charge in [-0.15, -0.1) is 0 Å². The van der Waals surface area contributed by atoms with Crippen LogP contribution >= 0.6 is 27.5 Å². The Morgan fingerprint density at radius 2 is 1.85 bits per heavy atom. The quantitative estimate of drug-likeness (QED) is 0.848. The summed E-state index contributed by atoms with van der Waals surface area (Å²) in [6.45, 7) is 9.71. The van der Waals surface area contributed by atoms with Crippen LogP contribution in [0.3, 0.4) is 0 Å². The number of aryl methyl sites for hydroxylation is 4. The van der Waals surface area contributed by atoms with Crippen LogP contribution in [0.15, 0.2) is 16.6 Å². The van der Waals surface area contributed by atoms with Crippen molar-refractivity contribution < 1.29 is 0 Å². The van der Waals surface area contributed by atoms with E-state index in [4.69, 9.17) is 11.6 Å². The molecule has 0 aliphatic rings. The molecule has 1 heterocycles. The molecule has 1 aromatic heterocycles. The predicted octanol–water partition coefficient (Wildman–Crippen LogP) is 4.86. The number of hydrogen-bond donors (Lipinski definition) is 1. The molecule has 0 aliphatic carbocycles. The molecule has 0 unspecified atom stereocenters. The Kier molecular flexibility index (Phi) is 4.76. The Morgan fingerprint density at radius 3 is 2.40 bits per heavy atom. The van der Waals surface area contributed by atoms with Gasteiger partial charge in [0.15, 0.2) is 0 Å². The lowest BCUT2D eigenvalue weighted by atomic mass is 10.1. The van der Waals surface area contributed by atoms with Crippen LogP contribution < -0.4 is 5.32 Å². The lowest BCUT2D eigenvalue weighted by Crippen LogP contribution is -2.09. The fourth-order valence-electron chi connectivity index (χ4n) is 2.40. The minimum atomic E-state index is 0.677. The van der Waals surface area contributed by atoms with E-state index in [1.165, 1.54) is 11.1 Å². The number of nitrogens with one attached hydrogen (secondary N) is 1. The first-order valence-electron chi connectivity index (χ1n) is 6.66. The van der Waals surface area contributed by atoms with Gasteiger partial charge >= 0.3 is 0 Å². The molecule has 0 aliphatic heterocycles. The van der Waals surface area contributed by atoms with Gasteiger partial charge in [0.05, 0.1) is 23.0 Å². The average molecular weight is 357 g/mol. The molecule has 0 saturated carbocycles. The maximum Gasteiger partial charge on any atom is 0.0865 e. The topological polar surface area (TPSA) is 29.9 Å². The van der Waals surface area contributed by atoms with Crippen LogP contribution in [-0.2, 0) is 13.1 Å². The summed E-state index contributed by atoms with van der Waals surface area (Å²) in [6, 6.07) is 4.22. The molecule has 0 fully saturated rings. The lowest BCUT2D eigenvalue weighted by Gasteiger charge is -2.14. The molecule has 0 radical (unpaired) electrons. The third-order valence-electron chi connectivity index (χ3n) is 3.38. The molecule has 0 saturated heterocycles. The largest absolute Gasteiger partial charge is 0.379 e. The van der Waals surface area contributed by atoms with E-state index in [9.17, 15) is 0 Å². The molecule has 20 heavy (non-hydrogen) atoms. The normalized spacial score (nSPS) is 10.9. The highest BCUT2D eigenvalue weighted by Crippen LogP contribution is 2.27. The monoisotopic (exact) mass is 355 g/mol. The molecule has 0 atom stereocenters. The van der Waals surface area contributed by atoms with Gasteiger partial charge in [-0.2, -0.15) is 5.10 Å². The van der Waals surface area contributed by atoms with E-state index in [-0.39, 0.29) is 0 Å². The van der Waals surface area contributed by atoms with Gasteiger partial charge in [-0.25, -0.2) is 0 Å². The maximum absolute atomic E-state index is 6.33. The molecule has 2 aromatic rings. The summed E-state index contributed by atoms with van der Waals surface area (Å²) in [5.74, 6) is 0. The number of rotatable bonds is 4. The van der Waals surface area contributed by atoms with Crippen molar-refractivity contribution in [1.29, 1.82) is 0 Å². The van der Waals surface area contributed by atoms with Gasteiger partial charge in [-0.3, -0.25) is 4.68 Å². The number of benzene rings is 1. The summed E-state index contributed by atoms with van der Waals surface area (Å²) in [6.07, 6.45) is 0. The Labute approximate surface area is 133 Å². The number of halogens is 2. The van der Waals surface area contributed by atoms with Crippen molar-refractivity contribution in [3.63, 3.8) is 0 Å². The first-order valence-corrected chi connectivity index (χ1v) is 7.83. The van der Waals surface area contributed by atoms with Gasteiger partial charge in [-0.05, 0) is 51.0 Å². The highest BCUT2D eigenvalue weighted by molar-refractivity contribution is 9.10. The molecule has 0 bridgehead atoms. The van der Waals surface area contributed by atoms with Gasteiger partial charge in [0.1, 0.15) is 0 Å². The number of nitrogens with zero attached hydrogens (tertiary/aromatic N) is 2. The van der Waals surface area contributed by atoms with Gasteiger partial charge in [0.25, 0.3) is 0 Å². The number of anilines is 1. The molecule has 1 N–H and O–H groups in total. The summed E-state index contributed by atoms with van der Waals surface area (Å²) >= 11 is 9.85. The summed E-state index contributed by atoms with van der Waals surface area (Å²) in [5, 5.41) is 8.68. The van der Waals surface area contributed by atoms with Gasteiger partial charge < -0.3 is 5.32 Å². The first-order chi connectivity index (χ1) is 9.43. The van der Waals surface area contributed by atoms with Crippen molar-refractivity contribution in [3.05, 3.63) is 44.1 Å². The lowest BCUT2D eigenvalue weighted by molar-refractivity contribution is 0.623. The molecule has 5 heteroatoms. The second kappa shape index (κ2) is 6.19. The first kappa shape index (κ1) is 15.4. The molecule has 3 nitrogen and oxygen atoms in total. The zero-order chi connectivity index (χ0) is 14.9. The highest BCUT2D eigenvalue weighted by Gasteiger charge is 2.13. The van der Waals surface area contributed by atoms with Crippen molar-refractivity contribution >= 4 is 33.2 Å². The van der Waals surface area contributed by atoms with E-state index in [1.807, 2.05) is 11.6 Å². The second-order valence-corrected chi connectivity index (χ2v) is 6.22. The van der Waals surface area contributed by atoms with Crippen LogP contribution in [0, 0.1) is 20.8 Å². The van der Waals surface area contributed by atoms with E-state index in [0.717, 1.165) is 33.1 Å². The van der Waals surface area contributed by atoms with Gasteiger partial charge in [-0.1, -0.05) is 27.5 Å². The van der Waals surface area contributed by atoms with Gasteiger partial charge in [0.2, 0.25) is 0 Å². The average Bonchev–Trinajstić information content (AvgIpc) is 2.64. The third kappa shape index (κ3) is 3.01. The van der Waals surface area contributed by atoms with Crippen LogP contribution in [0.2, 0.25) is 5.02 Å². The maximum atomic E-state index is 6.33. The number of aromatic nitrogens is 2. The Hall–Kier alpha value is -1.000. The van der Waals surface area contributed by atoms with Crippen LogP contribution in [0.5, 0.6) is 0 Å². The molecular formula is C15H19BrClN3. The molecule has 108 valence electrons. The Bertz CT molecular complexity index is 611. The summed E-state index contributed by atoms with van der Waals surface area (Å²) in [4.78, 5) is 0. The Balaban J connectivity index is 2.26. The molecule has 1 aromatic carbocycles. The van der Waals surface area contributed by atoms with Crippen molar-refractivity contribution in [1.82, 2.24) is 9.78 Å². The molecule has 0 spiro atoms. The zero-order valence-corrected chi connectivity index (χ0v) is 14.6. The zero-order valence-electron chi connectivity index (χ0n) is 12.2. The van der Waals surface area contributed by atoms with E-state index >= 15 is 0 Å². The van der Waals surface area contributed by atoms with Crippen LogP contribution in [0.4, 0.5) is 5.69 Å². The summed E-state index contributed by atoms with van der Waals surface area (Å²) in [7, 11) is 0. The van der Waals surface area contributed by atoms with E-state index < -0.39 is 0 Å². The molecular weight excluding hydrogens is 338 g/mol. The van der Waals surface area contributed by atoms with Crippen LogP contribution in [-0.4, -0.2) is 9.78 Å². The minimum Gasteiger partial charge on any atom is -0.379 e. The van der Waals surface area contributed by atoms with Crippen molar-refractivity contribution in [2.45, 2.75) is 40.8 Å². The van der Waals surface area contributed by atoms with E-state index in [1.54, 1.807) is 0 Å². The smallest absolute Gasteiger partial charge is 0.0865 e. The summed E-state index contributed by atoms with van der Waals surface area (Å²) < 4.78 is 3.05. The minimum absolute atomic E-state index is 0.677. The highest BCUT2D eigenvalue weighted by atomic mass is 79.9. The van der Waals surface area contributed by atoms with Crippen molar-refractivity contribution in [2.75, 3.05) is 5.32 Å².